The van der Waals surface area contributed by atoms with Crippen LogP contribution in [0.1, 0.15) is 50.4 Å². The van der Waals surface area contributed by atoms with E-state index in [9.17, 15) is 9.59 Å². The summed E-state index contributed by atoms with van der Waals surface area (Å²) >= 11 is 6.13. The van der Waals surface area contributed by atoms with Crippen molar-refractivity contribution in [1.29, 1.82) is 0 Å². The van der Waals surface area contributed by atoms with Crippen LogP contribution in [-0.4, -0.2) is 80.7 Å². The number of halogens is 1. The topological polar surface area (TPSA) is 97.1 Å². The van der Waals surface area contributed by atoms with E-state index < -0.39 is 0 Å². The summed E-state index contributed by atoms with van der Waals surface area (Å²) in [6, 6.07) is 2.99. The second-order valence-electron chi connectivity index (χ2n) is 10.5. The van der Waals surface area contributed by atoms with Crippen molar-refractivity contribution in [2.24, 2.45) is 11.3 Å². The normalized spacial score (nSPS) is 22.5. The molecule has 0 aromatic heterocycles. The molecule has 2 fully saturated rings. The van der Waals surface area contributed by atoms with Gasteiger partial charge in [0.15, 0.2) is 0 Å². The Bertz CT molecular complexity index is 880. The number of carbonyl (C=O) groups excluding carboxylic acids is 2. The molecule has 190 valence electrons. The van der Waals surface area contributed by atoms with Gasteiger partial charge in [-0.05, 0) is 31.2 Å². The van der Waals surface area contributed by atoms with Crippen molar-refractivity contribution in [3.63, 3.8) is 0 Å². The van der Waals surface area contributed by atoms with Gasteiger partial charge in [-0.25, -0.2) is 0 Å². The van der Waals surface area contributed by atoms with Crippen molar-refractivity contribution in [3.05, 3.63) is 22.7 Å². The smallest absolute Gasteiger partial charge is 0.255 e. The summed E-state index contributed by atoms with van der Waals surface area (Å²) in [5, 5.41) is 3.42. The lowest BCUT2D eigenvalue weighted by atomic mass is 9.90. The number of benzene rings is 1. The molecule has 0 aliphatic carbocycles. The van der Waals surface area contributed by atoms with Crippen molar-refractivity contribution in [3.8, 4) is 5.75 Å². The molecule has 8 nitrogen and oxygen atoms in total. The first-order valence-corrected chi connectivity index (χ1v) is 12.4. The van der Waals surface area contributed by atoms with Gasteiger partial charge in [0.05, 0.1) is 35.5 Å². The maximum absolute atomic E-state index is 13.0. The van der Waals surface area contributed by atoms with E-state index in [1.54, 1.807) is 19.2 Å². The minimum absolute atomic E-state index is 0.110. The van der Waals surface area contributed by atoms with Crippen molar-refractivity contribution < 1.29 is 19.1 Å². The number of hydrogen-bond donors (Lipinski definition) is 2. The molecule has 2 heterocycles. The molecule has 2 unspecified atom stereocenters. The molecule has 34 heavy (non-hydrogen) atoms. The number of likely N-dealkylation sites (tertiary alicyclic amines) is 2. The second kappa shape index (κ2) is 11.1. The Morgan fingerprint density at radius 2 is 1.82 bits per heavy atom. The number of rotatable bonds is 6. The third-order valence-corrected chi connectivity index (χ3v) is 7.21. The van der Waals surface area contributed by atoms with E-state index >= 15 is 0 Å². The zero-order valence-corrected chi connectivity index (χ0v) is 21.8. The first kappa shape index (κ1) is 26.6. The largest absolute Gasteiger partial charge is 0.496 e. The molecule has 3 rings (SSSR count). The molecule has 1 aromatic rings. The summed E-state index contributed by atoms with van der Waals surface area (Å²) in [6.45, 7) is 10.2. The molecule has 0 spiro atoms. The van der Waals surface area contributed by atoms with E-state index in [0.717, 1.165) is 52.0 Å². The number of anilines is 1. The second-order valence-corrected chi connectivity index (χ2v) is 10.9. The lowest BCUT2D eigenvalue weighted by Gasteiger charge is -2.41. The van der Waals surface area contributed by atoms with E-state index in [1.807, 2.05) is 25.7 Å². The first-order valence-electron chi connectivity index (χ1n) is 12.0. The van der Waals surface area contributed by atoms with Gasteiger partial charge in [-0.15, -0.1) is 0 Å². The molecular weight excluding hydrogens is 456 g/mol. The summed E-state index contributed by atoms with van der Waals surface area (Å²) in [7, 11) is 3.18. The molecule has 0 radical (unpaired) electrons. The highest BCUT2D eigenvalue weighted by molar-refractivity contribution is 6.33. The summed E-state index contributed by atoms with van der Waals surface area (Å²) < 4.78 is 11.1. The summed E-state index contributed by atoms with van der Waals surface area (Å²) in [5.41, 5.74) is 6.24. The number of nitrogens with two attached hydrogens (primary N) is 1. The van der Waals surface area contributed by atoms with Crippen LogP contribution < -0.4 is 15.8 Å². The highest BCUT2D eigenvalue weighted by atomic mass is 35.5. The van der Waals surface area contributed by atoms with E-state index in [1.165, 1.54) is 7.11 Å². The van der Waals surface area contributed by atoms with Crippen molar-refractivity contribution in [1.82, 2.24) is 15.1 Å². The van der Waals surface area contributed by atoms with E-state index in [4.69, 9.17) is 26.8 Å². The third-order valence-electron chi connectivity index (χ3n) is 6.89. The Hall–Kier alpha value is -2.03. The van der Waals surface area contributed by atoms with Crippen LogP contribution in [0.25, 0.3) is 0 Å². The number of nitrogens with zero attached hydrogens (tertiary/aromatic N) is 2. The zero-order chi connectivity index (χ0) is 25.0. The molecule has 1 aromatic carbocycles. The number of carbonyl (C=O) groups is 2. The lowest BCUT2D eigenvalue weighted by molar-refractivity contribution is -0.141. The van der Waals surface area contributed by atoms with Crippen LogP contribution >= 0.6 is 11.6 Å². The van der Waals surface area contributed by atoms with E-state index in [2.05, 4.69) is 10.2 Å². The Kier molecular flexibility index (Phi) is 8.71. The molecule has 2 aliphatic heterocycles. The average Bonchev–Trinajstić information content (AvgIpc) is 2.80. The van der Waals surface area contributed by atoms with Crippen LogP contribution in [0, 0.1) is 11.3 Å². The van der Waals surface area contributed by atoms with E-state index in [0.29, 0.717) is 27.9 Å². The summed E-state index contributed by atoms with van der Waals surface area (Å²) in [4.78, 5) is 30.0. The van der Waals surface area contributed by atoms with Crippen molar-refractivity contribution in [2.75, 3.05) is 52.7 Å². The molecule has 2 aliphatic rings. The predicted molar refractivity (Wildman–Crippen MR) is 134 cm³/mol. The fraction of sp³-hybridized carbons (Fsp3) is 0.680. The van der Waals surface area contributed by atoms with Gasteiger partial charge in [0, 0.05) is 51.3 Å². The van der Waals surface area contributed by atoms with Crippen LogP contribution in [-0.2, 0) is 9.53 Å². The number of nitrogen functional groups attached to an aromatic ring is 1. The molecule has 0 bridgehead atoms. The minimum atomic E-state index is -0.327. The van der Waals surface area contributed by atoms with Gasteiger partial charge in [0.25, 0.3) is 5.91 Å². The van der Waals surface area contributed by atoms with Crippen molar-refractivity contribution in [2.45, 2.75) is 52.2 Å². The Labute approximate surface area is 208 Å². The predicted octanol–water partition coefficient (Wildman–Crippen LogP) is 3.03. The Morgan fingerprint density at radius 3 is 2.41 bits per heavy atom. The van der Waals surface area contributed by atoms with Crippen LogP contribution in [0.3, 0.4) is 0 Å². The van der Waals surface area contributed by atoms with Crippen LogP contribution in [0.2, 0.25) is 5.02 Å². The van der Waals surface area contributed by atoms with Gasteiger partial charge < -0.3 is 30.3 Å². The number of piperidine rings is 2. The average molecular weight is 495 g/mol. The fourth-order valence-electron chi connectivity index (χ4n) is 4.87. The molecule has 2 amide bonds. The molecule has 3 N–H and O–H groups in total. The number of ether oxygens (including phenoxy) is 2. The van der Waals surface area contributed by atoms with Crippen LogP contribution in [0.4, 0.5) is 5.69 Å². The molecular formula is C25H39ClN4O4. The molecule has 9 heteroatoms. The summed E-state index contributed by atoms with van der Waals surface area (Å²) in [6.07, 6.45) is 2.72. The van der Waals surface area contributed by atoms with Gasteiger partial charge in [-0.3, -0.25) is 9.59 Å². The van der Waals surface area contributed by atoms with Gasteiger partial charge >= 0.3 is 0 Å². The minimum Gasteiger partial charge on any atom is -0.496 e. The Morgan fingerprint density at radius 1 is 1.15 bits per heavy atom. The SMILES string of the molecule is COc1cc(N)c(Cl)cc1C(=O)NC1CCN(CC2CCN(C(=O)C(C)(C)C)CC2)CC1OC. The lowest BCUT2D eigenvalue weighted by Crippen LogP contribution is -2.56. The summed E-state index contributed by atoms with van der Waals surface area (Å²) in [5.74, 6) is 0.937. The highest BCUT2D eigenvalue weighted by Crippen LogP contribution is 2.29. The Balaban J connectivity index is 1.53. The van der Waals surface area contributed by atoms with Gasteiger partial charge in [0.2, 0.25) is 5.91 Å². The quantitative estimate of drug-likeness (QED) is 0.590. The van der Waals surface area contributed by atoms with Gasteiger partial charge in [0.1, 0.15) is 5.75 Å². The third kappa shape index (κ3) is 6.34. The number of methoxy groups -OCH3 is 2. The monoisotopic (exact) mass is 494 g/mol. The number of amides is 2. The van der Waals surface area contributed by atoms with E-state index in [-0.39, 0.29) is 29.4 Å². The van der Waals surface area contributed by atoms with Crippen LogP contribution in [0.15, 0.2) is 12.1 Å². The highest BCUT2D eigenvalue weighted by Gasteiger charge is 2.34. The molecule has 0 saturated carbocycles. The van der Waals surface area contributed by atoms with Crippen LogP contribution in [0.5, 0.6) is 5.75 Å². The fourth-order valence-corrected chi connectivity index (χ4v) is 5.03. The van der Waals surface area contributed by atoms with Crippen molar-refractivity contribution >= 4 is 29.1 Å². The maximum Gasteiger partial charge on any atom is 0.255 e. The standard InChI is InChI=1S/C25H39ClN4O4/c1-25(2,3)24(32)30-10-6-16(7-11-30)14-29-9-8-20(22(15-29)34-5)28-23(31)17-12-18(26)19(27)13-21(17)33-4/h12-13,16,20,22H,6-11,14-15,27H2,1-5H3,(H,28,31). The molecule has 2 saturated heterocycles. The molecule has 2 atom stereocenters. The van der Waals surface area contributed by atoms with Gasteiger partial charge in [-0.1, -0.05) is 32.4 Å². The number of nitrogens with one attached hydrogen (secondary N) is 1. The van der Waals surface area contributed by atoms with Gasteiger partial charge in [-0.2, -0.15) is 0 Å². The zero-order valence-electron chi connectivity index (χ0n) is 21.0. The maximum atomic E-state index is 13.0. The first-order chi connectivity index (χ1) is 16.0. The number of hydrogen-bond acceptors (Lipinski definition) is 6.